The molecule has 0 aliphatic heterocycles. The smallest absolute Gasteiger partial charge is 0.328 e. The molecule has 0 atom stereocenters. The lowest BCUT2D eigenvalue weighted by Crippen LogP contribution is -2.09. The van der Waals surface area contributed by atoms with E-state index in [0.717, 1.165) is 23.6 Å². The summed E-state index contributed by atoms with van der Waals surface area (Å²) in [5.74, 6) is -2.51. The number of nitrogens with one attached hydrogen (secondary N) is 1. The number of benzene rings is 1. The average Bonchev–Trinajstić information content (AvgIpc) is 2.85. The van der Waals surface area contributed by atoms with E-state index in [1.54, 1.807) is 6.07 Å². The Labute approximate surface area is 158 Å². The van der Waals surface area contributed by atoms with E-state index >= 15 is 0 Å². The summed E-state index contributed by atoms with van der Waals surface area (Å²) in [5.41, 5.74) is 3.03. The Morgan fingerprint density at radius 1 is 1.15 bits per heavy atom. The zero-order chi connectivity index (χ0) is 20.6. The summed E-state index contributed by atoms with van der Waals surface area (Å²) in [6.45, 7) is 2.18. The summed E-state index contributed by atoms with van der Waals surface area (Å²) in [6.07, 6.45) is 5.66. The number of carbonyl (C=O) groups is 2. The standard InChI is InChI=1S/C14H20N2O2S.C4H4O4/c1-4-5-6-13-10-11-9-12(15-19(3,17)18)7-8-14(11)16(13)2;5-3(6)1-2-4(7)8/h7-10,15H,4-6H2,1-3H3;1-2H,(H,5,6)(H,7,8)/b;2-1+. The van der Waals surface area contributed by atoms with E-state index in [1.807, 2.05) is 12.1 Å². The Hall–Kier alpha value is -2.81. The van der Waals surface area contributed by atoms with Crippen LogP contribution in [0.3, 0.4) is 0 Å². The minimum absolute atomic E-state index is 0.558. The summed E-state index contributed by atoms with van der Waals surface area (Å²) in [4.78, 5) is 19.1. The van der Waals surface area contributed by atoms with E-state index in [9.17, 15) is 18.0 Å². The summed E-state index contributed by atoms with van der Waals surface area (Å²) in [6, 6.07) is 7.77. The van der Waals surface area contributed by atoms with Gasteiger partial charge in [0.25, 0.3) is 0 Å². The molecule has 27 heavy (non-hydrogen) atoms. The Morgan fingerprint density at radius 2 is 1.74 bits per heavy atom. The van der Waals surface area contributed by atoms with E-state index < -0.39 is 22.0 Å². The van der Waals surface area contributed by atoms with Gasteiger partial charge in [-0.3, -0.25) is 4.72 Å². The fourth-order valence-electron chi connectivity index (χ4n) is 2.42. The molecule has 0 amide bonds. The van der Waals surface area contributed by atoms with Gasteiger partial charge in [-0.25, -0.2) is 18.0 Å². The molecule has 0 radical (unpaired) electrons. The van der Waals surface area contributed by atoms with E-state index in [0.29, 0.717) is 17.8 Å². The molecule has 0 spiro atoms. The van der Waals surface area contributed by atoms with Gasteiger partial charge in [-0.2, -0.15) is 0 Å². The fourth-order valence-corrected chi connectivity index (χ4v) is 2.98. The predicted molar refractivity (Wildman–Crippen MR) is 104 cm³/mol. The maximum absolute atomic E-state index is 11.2. The van der Waals surface area contributed by atoms with Crippen LogP contribution in [0.4, 0.5) is 5.69 Å². The number of carboxylic acid groups (broad SMARTS) is 2. The van der Waals surface area contributed by atoms with E-state index in [2.05, 4.69) is 29.3 Å². The van der Waals surface area contributed by atoms with Crippen LogP contribution in [0.15, 0.2) is 36.4 Å². The summed E-state index contributed by atoms with van der Waals surface area (Å²) < 4.78 is 27.2. The minimum atomic E-state index is -3.22. The summed E-state index contributed by atoms with van der Waals surface area (Å²) >= 11 is 0. The van der Waals surface area contributed by atoms with Crippen molar-refractivity contribution in [3.63, 3.8) is 0 Å². The first-order chi connectivity index (χ1) is 12.5. The van der Waals surface area contributed by atoms with Crippen LogP contribution in [-0.2, 0) is 33.1 Å². The monoisotopic (exact) mass is 396 g/mol. The molecule has 0 fully saturated rings. The van der Waals surface area contributed by atoms with Gasteiger partial charge in [-0.1, -0.05) is 13.3 Å². The van der Waals surface area contributed by atoms with Crippen LogP contribution in [0.25, 0.3) is 10.9 Å². The third-order valence-electron chi connectivity index (χ3n) is 3.60. The first-order valence-electron chi connectivity index (χ1n) is 8.23. The second-order valence-electron chi connectivity index (χ2n) is 5.96. The molecular formula is C18H24N2O6S. The van der Waals surface area contributed by atoms with Gasteiger partial charge >= 0.3 is 11.9 Å². The van der Waals surface area contributed by atoms with E-state index in [4.69, 9.17) is 10.2 Å². The number of nitrogens with zero attached hydrogens (tertiary/aromatic N) is 1. The van der Waals surface area contributed by atoms with Crippen molar-refractivity contribution in [3.05, 3.63) is 42.1 Å². The number of aryl methyl sites for hydroxylation is 2. The second-order valence-corrected chi connectivity index (χ2v) is 7.70. The van der Waals surface area contributed by atoms with Crippen LogP contribution < -0.4 is 4.72 Å². The van der Waals surface area contributed by atoms with Crippen LogP contribution >= 0.6 is 0 Å². The van der Waals surface area contributed by atoms with Crippen molar-refractivity contribution in [3.8, 4) is 0 Å². The van der Waals surface area contributed by atoms with Crippen LogP contribution in [0.2, 0.25) is 0 Å². The Balaban J connectivity index is 0.000000387. The normalized spacial score (nSPS) is 11.2. The van der Waals surface area contributed by atoms with Crippen molar-refractivity contribution in [1.82, 2.24) is 4.57 Å². The van der Waals surface area contributed by atoms with Crippen molar-refractivity contribution in [2.24, 2.45) is 7.05 Å². The SMILES string of the molecule is CCCCc1cc2cc(NS(C)(=O)=O)ccc2n1C.O=C(O)/C=C/C(=O)O. The predicted octanol–water partition coefficient (Wildman–Crippen LogP) is 2.60. The number of aliphatic carboxylic acids is 2. The fraction of sp³-hybridized carbons (Fsp3) is 0.333. The number of sulfonamides is 1. The maximum Gasteiger partial charge on any atom is 0.328 e. The molecule has 148 valence electrons. The molecule has 1 aromatic heterocycles. The molecule has 2 aromatic rings. The van der Waals surface area contributed by atoms with Gasteiger partial charge < -0.3 is 14.8 Å². The summed E-state index contributed by atoms with van der Waals surface area (Å²) in [7, 11) is -1.17. The number of aromatic nitrogens is 1. The largest absolute Gasteiger partial charge is 0.478 e. The van der Waals surface area contributed by atoms with Gasteiger partial charge in [-0.15, -0.1) is 0 Å². The van der Waals surface area contributed by atoms with Crippen LogP contribution in [0.5, 0.6) is 0 Å². The van der Waals surface area contributed by atoms with Crippen molar-refractivity contribution >= 4 is 38.6 Å². The van der Waals surface area contributed by atoms with Gasteiger partial charge in [-0.05, 0) is 37.1 Å². The summed E-state index contributed by atoms with van der Waals surface area (Å²) in [5, 5.41) is 16.7. The van der Waals surface area contributed by atoms with Gasteiger partial charge in [0.2, 0.25) is 10.0 Å². The second kappa shape index (κ2) is 9.77. The van der Waals surface area contributed by atoms with Crippen LogP contribution in [0, 0.1) is 0 Å². The lowest BCUT2D eigenvalue weighted by atomic mass is 10.2. The van der Waals surface area contributed by atoms with Crippen molar-refractivity contribution in [2.45, 2.75) is 26.2 Å². The number of carboxylic acids is 2. The zero-order valence-corrected chi connectivity index (χ0v) is 16.3. The van der Waals surface area contributed by atoms with Gasteiger partial charge in [0.1, 0.15) is 0 Å². The van der Waals surface area contributed by atoms with E-state index in [-0.39, 0.29) is 0 Å². The topological polar surface area (TPSA) is 126 Å². The Bertz CT molecular complexity index is 928. The van der Waals surface area contributed by atoms with Gasteiger partial charge in [0.15, 0.2) is 0 Å². The Morgan fingerprint density at radius 3 is 2.22 bits per heavy atom. The molecule has 3 N–H and O–H groups in total. The molecule has 2 rings (SSSR count). The first-order valence-corrected chi connectivity index (χ1v) is 10.1. The molecule has 0 unspecified atom stereocenters. The maximum atomic E-state index is 11.2. The highest BCUT2D eigenvalue weighted by atomic mass is 32.2. The molecule has 0 bridgehead atoms. The lowest BCUT2D eigenvalue weighted by Gasteiger charge is -2.05. The molecule has 8 nitrogen and oxygen atoms in total. The molecule has 0 aliphatic rings. The number of fused-ring (bicyclic) bond motifs is 1. The zero-order valence-electron chi connectivity index (χ0n) is 15.5. The van der Waals surface area contributed by atoms with Crippen molar-refractivity contribution < 1.29 is 28.2 Å². The quantitative estimate of drug-likeness (QED) is 0.618. The third kappa shape index (κ3) is 7.95. The lowest BCUT2D eigenvalue weighted by molar-refractivity contribution is -0.134. The molecule has 0 saturated carbocycles. The van der Waals surface area contributed by atoms with Gasteiger partial charge in [0.05, 0.1) is 6.26 Å². The highest BCUT2D eigenvalue weighted by molar-refractivity contribution is 7.92. The highest BCUT2D eigenvalue weighted by Crippen LogP contribution is 2.24. The van der Waals surface area contributed by atoms with Crippen LogP contribution in [-0.4, -0.2) is 41.4 Å². The average molecular weight is 396 g/mol. The highest BCUT2D eigenvalue weighted by Gasteiger charge is 2.08. The molecule has 0 saturated heterocycles. The van der Waals surface area contributed by atoms with Crippen molar-refractivity contribution in [1.29, 1.82) is 0 Å². The first kappa shape index (κ1) is 22.2. The van der Waals surface area contributed by atoms with Gasteiger partial charge in [0, 0.05) is 41.5 Å². The number of anilines is 1. The number of rotatable bonds is 7. The number of unbranched alkanes of at least 4 members (excludes halogenated alkanes) is 1. The third-order valence-corrected chi connectivity index (χ3v) is 4.21. The molecular weight excluding hydrogens is 372 g/mol. The van der Waals surface area contributed by atoms with E-state index in [1.165, 1.54) is 18.5 Å². The minimum Gasteiger partial charge on any atom is -0.478 e. The molecule has 0 aliphatic carbocycles. The van der Waals surface area contributed by atoms with Crippen LogP contribution in [0.1, 0.15) is 25.5 Å². The number of hydrogen-bond donors (Lipinski definition) is 3. The Kier molecular flexibility index (Phi) is 8.04. The number of hydrogen-bond acceptors (Lipinski definition) is 4. The van der Waals surface area contributed by atoms with Crippen molar-refractivity contribution in [2.75, 3.05) is 11.0 Å². The molecule has 1 aromatic carbocycles. The molecule has 9 heteroatoms. The molecule has 1 heterocycles.